The van der Waals surface area contributed by atoms with Gasteiger partial charge in [0.15, 0.2) is 0 Å². The van der Waals surface area contributed by atoms with E-state index in [4.69, 9.17) is 5.11 Å². The average molecular weight is 308 g/mol. The van der Waals surface area contributed by atoms with Crippen molar-refractivity contribution in [2.24, 2.45) is 0 Å². The van der Waals surface area contributed by atoms with Crippen molar-refractivity contribution in [3.8, 4) is 0 Å². The molecule has 1 aromatic carbocycles. The summed E-state index contributed by atoms with van der Waals surface area (Å²) in [4.78, 5) is 22.6. The van der Waals surface area contributed by atoms with Crippen LogP contribution in [0.2, 0.25) is 0 Å². The van der Waals surface area contributed by atoms with E-state index in [9.17, 15) is 14.7 Å². The van der Waals surface area contributed by atoms with Gasteiger partial charge in [0, 0.05) is 19.0 Å². The normalized spacial score (nSPS) is 13.2. The zero-order valence-electron chi connectivity index (χ0n) is 12.8. The van der Waals surface area contributed by atoms with Crippen LogP contribution in [0.1, 0.15) is 31.7 Å². The highest BCUT2D eigenvalue weighted by Gasteiger charge is 2.15. The smallest absolute Gasteiger partial charge is 0.315 e. The fourth-order valence-corrected chi connectivity index (χ4v) is 2.01. The van der Waals surface area contributed by atoms with E-state index in [0.29, 0.717) is 19.3 Å². The summed E-state index contributed by atoms with van der Waals surface area (Å²) in [6, 6.07) is 8.93. The fraction of sp³-hybridized carbons (Fsp3) is 0.500. The van der Waals surface area contributed by atoms with E-state index in [1.165, 1.54) is 0 Å². The number of aliphatic carboxylic acids is 1. The van der Waals surface area contributed by atoms with Crippen LogP contribution in [0, 0.1) is 0 Å². The zero-order chi connectivity index (χ0) is 16.4. The SMILES string of the molecule is CC[C@H](O)CNC(=O)NC(CCC(=O)O)Cc1ccccc1. The van der Waals surface area contributed by atoms with Crippen LogP contribution in [0.4, 0.5) is 4.79 Å². The van der Waals surface area contributed by atoms with Crippen LogP contribution in [0.5, 0.6) is 0 Å². The molecule has 22 heavy (non-hydrogen) atoms. The number of nitrogens with one attached hydrogen (secondary N) is 2. The number of rotatable bonds is 9. The molecule has 0 fully saturated rings. The number of urea groups is 1. The van der Waals surface area contributed by atoms with Gasteiger partial charge in [-0.2, -0.15) is 0 Å². The van der Waals surface area contributed by atoms with E-state index < -0.39 is 12.1 Å². The predicted molar refractivity (Wildman–Crippen MR) is 83.6 cm³/mol. The van der Waals surface area contributed by atoms with Gasteiger partial charge in [0.1, 0.15) is 0 Å². The molecule has 6 nitrogen and oxygen atoms in total. The second-order valence-corrected chi connectivity index (χ2v) is 5.24. The minimum atomic E-state index is -0.887. The van der Waals surface area contributed by atoms with Crippen LogP contribution in [0.15, 0.2) is 30.3 Å². The Morgan fingerprint density at radius 3 is 2.50 bits per heavy atom. The first kappa shape index (κ1) is 18.0. The number of carbonyl (C=O) groups is 2. The molecule has 0 saturated carbocycles. The van der Waals surface area contributed by atoms with Crippen molar-refractivity contribution in [1.29, 1.82) is 0 Å². The van der Waals surface area contributed by atoms with E-state index in [1.54, 1.807) is 0 Å². The molecule has 1 aromatic rings. The van der Waals surface area contributed by atoms with E-state index in [0.717, 1.165) is 5.56 Å². The number of carboxylic acids is 1. The molecule has 122 valence electrons. The summed E-state index contributed by atoms with van der Waals surface area (Å²) in [5, 5.41) is 23.6. The molecule has 6 heteroatoms. The summed E-state index contributed by atoms with van der Waals surface area (Å²) in [5.74, 6) is -0.887. The van der Waals surface area contributed by atoms with Gasteiger partial charge in [-0.25, -0.2) is 4.79 Å². The van der Waals surface area contributed by atoms with Crippen molar-refractivity contribution in [2.75, 3.05) is 6.54 Å². The molecule has 0 saturated heterocycles. The first-order chi connectivity index (χ1) is 10.5. The van der Waals surface area contributed by atoms with Gasteiger partial charge in [0.2, 0.25) is 0 Å². The number of carboxylic acid groups (broad SMARTS) is 1. The summed E-state index contributed by atoms with van der Waals surface area (Å²) in [6.45, 7) is 2.01. The number of carbonyl (C=O) groups excluding carboxylic acids is 1. The minimum Gasteiger partial charge on any atom is -0.481 e. The topological polar surface area (TPSA) is 98.7 Å². The van der Waals surface area contributed by atoms with Crippen LogP contribution in [0.25, 0.3) is 0 Å². The molecule has 0 spiro atoms. The van der Waals surface area contributed by atoms with Crippen molar-refractivity contribution in [3.63, 3.8) is 0 Å². The van der Waals surface area contributed by atoms with E-state index in [2.05, 4.69) is 10.6 Å². The molecule has 0 heterocycles. The number of amides is 2. The molecule has 0 radical (unpaired) electrons. The molecule has 0 aliphatic heterocycles. The summed E-state index contributed by atoms with van der Waals surface area (Å²) in [7, 11) is 0. The third-order valence-electron chi connectivity index (χ3n) is 3.34. The van der Waals surface area contributed by atoms with Crippen molar-refractivity contribution >= 4 is 12.0 Å². The lowest BCUT2D eigenvalue weighted by Crippen LogP contribution is -2.45. The molecule has 2 amide bonds. The zero-order valence-corrected chi connectivity index (χ0v) is 12.8. The second kappa shape index (κ2) is 9.78. The largest absolute Gasteiger partial charge is 0.481 e. The summed E-state index contributed by atoms with van der Waals surface area (Å²) in [6.07, 6.45) is 0.908. The lowest BCUT2D eigenvalue weighted by Gasteiger charge is -2.19. The molecule has 0 aromatic heterocycles. The van der Waals surface area contributed by atoms with E-state index >= 15 is 0 Å². The Bertz CT molecular complexity index is 464. The summed E-state index contributed by atoms with van der Waals surface area (Å²) < 4.78 is 0. The van der Waals surface area contributed by atoms with Gasteiger partial charge in [0.25, 0.3) is 0 Å². The molecule has 0 aliphatic carbocycles. The quantitative estimate of drug-likeness (QED) is 0.556. The monoisotopic (exact) mass is 308 g/mol. The summed E-state index contributed by atoms with van der Waals surface area (Å²) in [5.41, 5.74) is 1.03. The Balaban J connectivity index is 2.53. The molecule has 4 N–H and O–H groups in total. The lowest BCUT2D eigenvalue weighted by atomic mass is 10.0. The van der Waals surface area contributed by atoms with E-state index in [1.807, 2.05) is 37.3 Å². The minimum absolute atomic E-state index is 0.00460. The highest BCUT2D eigenvalue weighted by molar-refractivity contribution is 5.74. The Morgan fingerprint density at radius 1 is 1.23 bits per heavy atom. The van der Waals surface area contributed by atoms with Gasteiger partial charge in [0.05, 0.1) is 6.10 Å². The number of benzene rings is 1. The first-order valence-corrected chi connectivity index (χ1v) is 7.49. The van der Waals surface area contributed by atoms with Crippen molar-refractivity contribution in [3.05, 3.63) is 35.9 Å². The number of aliphatic hydroxyl groups excluding tert-OH is 1. The maximum Gasteiger partial charge on any atom is 0.315 e. The van der Waals surface area contributed by atoms with Gasteiger partial charge >= 0.3 is 12.0 Å². The van der Waals surface area contributed by atoms with Gasteiger partial charge in [-0.3, -0.25) is 4.79 Å². The average Bonchev–Trinajstić information content (AvgIpc) is 2.51. The Hall–Kier alpha value is -2.08. The highest BCUT2D eigenvalue weighted by Crippen LogP contribution is 2.08. The maximum absolute atomic E-state index is 11.8. The van der Waals surface area contributed by atoms with Crippen LogP contribution >= 0.6 is 0 Å². The van der Waals surface area contributed by atoms with Crippen LogP contribution < -0.4 is 10.6 Å². The maximum atomic E-state index is 11.8. The molecular weight excluding hydrogens is 284 g/mol. The van der Waals surface area contributed by atoms with Crippen molar-refractivity contribution < 1.29 is 19.8 Å². The van der Waals surface area contributed by atoms with Crippen LogP contribution in [-0.4, -0.2) is 40.9 Å². The van der Waals surface area contributed by atoms with Crippen LogP contribution in [-0.2, 0) is 11.2 Å². The van der Waals surface area contributed by atoms with Crippen molar-refractivity contribution in [1.82, 2.24) is 10.6 Å². The number of hydrogen-bond acceptors (Lipinski definition) is 3. The second-order valence-electron chi connectivity index (χ2n) is 5.24. The Labute approximate surface area is 130 Å². The third-order valence-corrected chi connectivity index (χ3v) is 3.34. The van der Waals surface area contributed by atoms with Gasteiger partial charge in [-0.05, 0) is 24.8 Å². The Morgan fingerprint density at radius 2 is 1.91 bits per heavy atom. The van der Waals surface area contributed by atoms with Gasteiger partial charge in [-0.1, -0.05) is 37.3 Å². The number of aliphatic hydroxyl groups is 1. The third kappa shape index (κ3) is 7.64. The van der Waals surface area contributed by atoms with Gasteiger partial charge in [-0.15, -0.1) is 0 Å². The molecule has 2 atom stereocenters. The molecule has 1 unspecified atom stereocenters. The fourth-order valence-electron chi connectivity index (χ4n) is 2.01. The summed E-state index contributed by atoms with van der Waals surface area (Å²) >= 11 is 0. The molecular formula is C16H24N2O4. The molecule has 0 bridgehead atoms. The number of hydrogen-bond donors (Lipinski definition) is 4. The standard InChI is InChI=1S/C16H24N2O4/c1-2-14(19)11-17-16(22)18-13(8-9-15(20)21)10-12-6-4-3-5-7-12/h3-7,13-14,19H,2,8-11H2,1H3,(H,20,21)(H2,17,18,22)/t13?,14-/m0/s1. The Kier molecular flexibility index (Phi) is 7.99. The van der Waals surface area contributed by atoms with E-state index in [-0.39, 0.29) is 25.0 Å². The van der Waals surface area contributed by atoms with Gasteiger partial charge < -0.3 is 20.8 Å². The van der Waals surface area contributed by atoms with Crippen molar-refractivity contribution in [2.45, 2.75) is 44.8 Å². The molecule has 1 rings (SSSR count). The lowest BCUT2D eigenvalue weighted by molar-refractivity contribution is -0.137. The van der Waals surface area contributed by atoms with Crippen LogP contribution in [0.3, 0.4) is 0 Å². The first-order valence-electron chi connectivity index (χ1n) is 7.49. The predicted octanol–water partition coefficient (Wildman–Crippen LogP) is 1.53. The molecule has 0 aliphatic rings. The highest BCUT2D eigenvalue weighted by atomic mass is 16.4.